The average molecular weight is 349 g/mol. The normalized spacial score (nSPS) is 22.0. The molecule has 2 rings (SSSR count). The number of aromatic nitrogens is 2. The SMILES string of the molecule is CCNC(=NCCN(CC)C(C)C)N1CCC(C)C(n2ccnc2)C1. The fourth-order valence-corrected chi connectivity index (χ4v) is 3.59. The van der Waals surface area contributed by atoms with Crippen molar-refractivity contribution in [2.24, 2.45) is 10.9 Å². The molecular formula is C19H36N6. The highest BCUT2D eigenvalue weighted by Gasteiger charge is 2.28. The second kappa shape index (κ2) is 9.80. The smallest absolute Gasteiger partial charge is 0.194 e. The Labute approximate surface area is 153 Å². The number of rotatable bonds is 7. The third kappa shape index (κ3) is 5.46. The van der Waals surface area contributed by atoms with E-state index in [0.29, 0.717) is 18.0 Å². The first-order valence-corrected chi connectivity index (χ1v) is 9.81. The van der Waals surface area contributed by atoms with E-state index in [0.717, 1.165) is 45.2 Å². The Hall–Kier alpha value is -1.56. The summed E-state index contributed by atoms with van der Waals surface area (Å²) in [5.41, 5.74) is 0. The molecule has 0 spiro atoms. The standard InChI is InChI=1S/C19H36N6/c1-6-21-19(22-10-13-23(7-2)16(3)4)24-11-8-17(5)18(14-24)25-12-9-20-15-25/h9,12,15-18H,6-8,10-11,13-14H2,1-5H3,(H,21,22). The zero-order valence-corrected chi connectivity index (χ0v) is 16.6. The number of hydrogen-bond acceptors (Lipinski definition) is 3. The number of hydrogen-bond donors (Lipinski definition) is 1. The highest BCUT2D eigenvalue weighted by Crippen LogP contribution is 2.27. The van der Waals surface area contributed by atoms with Gasteiger partial charge in [0.2, 0.25) is 0 Å². The molecule has 1 aliphatic rings. The van der Waals surface area contributed by atoms with Crippen LogP contribution in [0.2, 0.25) is 0 Å². The van der Waals surface area contributed by atoms with Gasteiger partial charge in [0.05, 0.1) is 18.9 Å². The van der Waals surface area contributed by atoms with Crippen LogP contribution >= 0.6 is 0 Å². The molecule has 2 unspecified atom stereocenters. The van der Waals surface area contributed by atoms with Crippen LogP contribution in [0.15, 0.2) is 23.7 Å². The minimum absolute atomic E-state index is 0.461. The Bertz CT molecular complexity index is 510. The van der Waals surface area contributed by atoms with Crippen molar-refractivity contribution in [2.75, 3.05) is 39.3 Å². The highest BCUT2D eigenvalue weighted by atomic mass is 15.3. The van der Waals surface area contributed by atoms with Gasteiger partial charge in [-0.2, -0.15) is 0 Å². The van der Waals surface area contributed by atoms with Crippen LogP contribution in [0.3, 0.4) is 0 Å². The van der Waals surface area contributed by atoms with E-state index >= 15 is 0 Å². The fourth-order valence-electron chi connectivity index (χ4n) is 3.59. The van der Waals surface area contributed by atoms with Crippen LogP contribution in [0, 0.1) is 5.92 Å². The molecule has 0 aromatic carbocycles. The van der Waals surface area contributed by atoms with Gasteiger partial charge in [0.25, 0.3) is 0 Å². The molecule has 1 aromatic rings. The van der Waals surface area contributed by atoms with Crippen molar-refractivity contribution in [3.63, 3.8) is 0 Å². The topological polar surface area (TPSA) is 48.7 Å². The molecule has 0 amide bonds. The fraction of sp³-hybridized carbons (Fsp3) is 0.789. The summed E-state index contributed by atoms with van der Waals surface area (Å²) in [7, 11) is 0. The van der Waals surface area contributed by atoms with Crippen molar-refractivity contribution in [1.82, 2.24) is 24.7 Å². The molecule has 25 heavy (non-hydrogen) atoms. The first-order chi connectivity index (χ1) is 12.1. The predicted octanol–water partition coefficient (Wildman–Crippen LogP) is 2.46. The van der Waals surface area contributed by atoms with Gasteiger partial charge >= 0.3 is 0 Å². The molecule has 0 bridgehead atoms. The summed E-state index contributed by atoms with van der Waals surface area (Å²) in [5.74, 6) is 1.71. The van der Waals surface area contributed by atoms with E-state index < -0.39 is 0 Å². The van der Waals surface area contributed by atoms with Crippen molar-refractivity contribution >= 4 is 5.96 Å². The molecular weight excluding hydrogens is 312 g/mol. The number of imidazole rings is 1. The van der Waals surface area contributed by atoms with Crippen LogP contribution in [-0.4, -0.2) is 70.6 Å². The number of guanidine groups is 1. The molecule has 6 heteroatoms. The number of nitrogens with one attached hydrogen (secondary N) is 1. The van der Waals surface area contributed by atoms with E-state index in [1.807, 2.05) is 12.5 Å². The summed E-state index contributed by atoms with van der Waals surface area (Å²) >= 11 is 0. The van der Waals surface area contributed by atoms with Crippen molar-refractivity contribution < 1.29 is 0 Å². The maximum absolute atomic E-state index is 4.91. The lowest BCUT2D eigenvalue weighted by molar-refractivity contribution is 0.188. The summed E-state index contributed by atoms with van der Waals surface area (Å²) < 4.78 is 2.25. The number of likely N-dealkylation sites (N-methyl/N-ethyl adjacent to an activating group) is 1. The van der Waals surface area contributed by atoms with Gasteiger partial charge in [-0.3, -0.25) is 9.89 Å². The van der Waals surface area contributed by atoms with Crippen LogP contribution in [0.25, 0.3) is 0 Å². The van der Waals surface area contributed by atoms with E-state index in [4.69, 9.17) is 4.99 Å². The van der Waals surface area contributed by atoms with Crippen molar-refractivity contribution in [1.29, 1.82) is 0 Å². The number of nitrogens with zero attached hydrogens (tertiary/aromatic N) is 5. The summed E-state index contributed by atoms with van der Waals surface area (Å²) in [6.45, 7) is 17.1. The Kier molecular flexibility index (Phi) is 7.75. The molecule has 1 saturated heterocycles. The summed E-state index contributed by atoms with van der Waals surface area (Å²) in [6.07, 6.45) is 7.07. The highest BCUT2D eigenvalue weighted by molar-refractivity contribution is 5.80. The maximum atomic E-state index is 4.91. The number of piperidine rings is 1. The largest absolute Gasteiger partial charge is 0.357 e. The molecule has 1 fully saturated rings. The van der Waals surface area contributed by atoms with E-state index in [1.54, 1.807) is 0 Å². The Morgan fingerprint density at radius 3 is 2.80 bits per heavy atom. The molecule has 0 radical (unpaired) electrons. The minimum Gasteiger partial charge on any atom is -0.357 e. The molecule has 0 saturated carbocycles. The lowest BCUT2D eigenvalue weighted by Gasteiger charge is -2.39. The third-order valence-electron chi connectivity index (χ3n) is 5.25. The minimum atomic E-state index is 0.461. The molecule has 0 aliphatic carbocycles. The first-order valence-electron chi connectivity index (χ1n) is 9.81. The van der Waals surface area contributed by atoms with Gasteiger partial charge in [-0.05, 0) is 39.7 Å². The second-order valence-electron chi connectivity index (χ2n) is 7.25. The second-order valence-corrected chi connectivity index (χ2v) is 7.25. The van der Waals surface area contributed by atoms with Gasteiger partial charge in [0.15, 0.2) is 5.96 Å². The van der Waals surface area contributed by atoms with Gasteiger partial charge in [0.1, 0.15) is 0 Å². The van der Waals surface area contributed by atoms with Crippen molar-refractivity contribution in [3.8, 4) is 0 Å². The van der Waals surface area contributed by atoms with Crippen LogP contribution in [0.5, 0.6) is 0 Å². The maximum Gasteiger partial charge on any atom is 0.194 e. The third-order valence-corrected chi connectivity index (χ3v) is 5.25. The zero-order chi connectivity index (χ0) is 18.2. The summed E-state index contributed by atoms with van der Waals surface area (Å²) in [4.78, 5) is 14.0. The van der Waals surface area contributed by atoms with E-state index in [1.165, 1.54) is 6.42 Å². The zero-order valence-electron chi connectivity index (χ0n) is 16.6. The Morgan fingerprint density at radius 1 is 1.40 bits per heavy atom. The lowest BCUT2D eigenvalue weighted by atomic mass is 9.93. The summed E-state index contributed by atoms with van der Waals surface area (Å²) in [5, 5.41) is 3.49. The van der Waals surface area contributed by atoms with Crippen LogP contribution in [0.4, 0.5) is 0 Å². The van der Waals surface area contributed by atoms with Crippen LogP contribution < -0.4 is 5.32 Å². The first kappa shape index (κ1) is 19.8. The molecule has 1 aromatic heterocycles. The van der Waals surface area contributed by atoms with E-state index in [2.05, 4.69) is 65.5 Å². The molecule has 2 atom stereocenters. The molecule has 1 N–H and O–H groups in total. The van der Waals surface area contributed by atoms with Gasteiger partial charge < -0.3 is 14.8 Å². The molecule has 2 heterocycles. The van der Waals surface area contributed by atoms with Crippen molar-refractivity contribution in [3.05, 3.63) is 18.7 Å². The average Bonchev–Trinajstić information content (AvgIpc) is 3.12. The Morgan fingerprint density at radius 2 is 2.20 bits per heavy atom. The van der Waals surface area contributed by atoms with Crippen molar-refractivity contribution in [2.45, 2.75) is 53.1 Å². The van der Waals surface area contributed by atoms with E-state index in [-0.39, 0.29) is 0 Å². The molecule has 6 nitrogen and oxygen atoms in total. The van der Waals surface area contributed by atoms with Gasteiger partial charge in [-0.15, -0.1) is 0 Å². The predicted molar refractivity (Wildman–Crippen MR) is 105 cm³/mol. The van der Waals surface area contributed by atoms with Gasteiger partial charge in [0, 0.05) is 44.6 Å². The Balaban J connectivity index is 2.01. The van der Waals surface area contributed by atoms with Gasteiger partial charge in [-0.1, -0.05) is 13.8 Å². The monoisotopic (exact) mass is 348 g/mol. The van der Waals surface area contributed by atoms with Crippen LogP contribution in [-0.2, 0) is 0 Å². The molecule has 1 aliphatic heterocycles. The summed E-state index contributed by atoms with van der Waals surface area (Å²) in [6, 6.07) is 1.03. The number of aliphatic imine (C=N–C) groups is 1. The number of likely N-dealkylation sites (tertiary alicyclic amines) is 1. The molecule has 142 valence electrons. The van der Waals surface area contributed by atoms with Crippen LogP contribution in [0.1, 0.15) is 47.1 Å². The van der Waals surface area contributed by atoms with E-state index in [9.17, 15) is 0 Å². The lowest BCUT2D eigenvalue weighted by Crippen LogP contribution is -2.49. The quantitative estimate of drug-likeness (QED) is 0.607. The van der Waals surface area contributed by atoms with Gasteiger partial charge in [-0.25, -0.2) is 4.98 Å².